The van der Waals surface area contributed by atoms with Crippen LogP contribution in [0.2, 0.25) is 0 Å². The highest BCUT2D eigenvalue weighted by Crippen LogP contribution is 2.34. The van der Waals surface area contributed by atoms with Gasteiger partial charge in [-0.15, -0.1) is 0 Å². The van der Waals surface area contributed by atoms with E-state index in [2.05, 4.69) is 0 Å². The van der Waals surface area contributed by atoms with Gasteiger partial charge >= 0.3 is 17.9 Å². The highest BCUT2D eigenvalue weighted by molar-refractivity contribution is 5.71. The highest BCUT2D eigenvalue weighted by Gasteiger charge is 2.44. The van der Waals surface area contributed by atoms with Gasteiger partial charge in [-0.3, -0.25) is 14.4 Å². The first-order chi connectivity index (χ1) is 15.9. The molecule has 0 saturated heterocycles. The van der Waals surface area contributed by atoms with Crippen LogP contribution in [0.4, 0.5) is 0 Å². The number of hydrogen-bond donors (Lipinski definition) is 0. The highest BCUT2D eigenvalue weighted by atomic mass is 16.6. The lowest BCUT2D eigenvalue weighted by Gasteiger charge is -2.40. The number of carbonyl (C=O) groups excluding carboxylic acids is 3. The van der Waals surface area contributed by atoms with E-state index in [1.807, 2.05) is 69.2 Å². The minimum atomic E-state index is -0.693. The zero-order valence-corrected chi connectivity index (χ0v) is 23.8. The van der Waals surface area contributed by atoms with Crippen molar-refractivity contribution in [3.05, 3.63) is 0 Å². The van der Waals surface area contributed by atoms with Crippen molar-refractivity contribution in [1.29, 1.82) is 0 Å². The van der Waals surface area contributed by atoms with Crippen LogP contribution in [0, 0.1) is 22.2 Å². The molecule has 0 aromatic carbocycles. The lowest BCUT2D eigenvalue weighted by atomic mass is 9.83. The van der Waals surface area contributed by atoms with Gasteiger partial charge in [0.15, 0.2) is 6.10 Å². The van der Waals surface area contributed by atoms with E-state index >= 15 is 0 Å². The summed E-state index contributed by atoms with van der Waals surface area (Å²) in [4.78, 5) is 37.8. The van der Waals surface area contributed by atoms with Gasteiger partial charge in [-0.25, -0.2) is 0 Å². The van der Waals surface area contributed by atoms with E-state index < -0.39 is 18.3 Å². The molecule has 1 saturated carbocycles. The molecule has 0 spiro atoms. The molecular formula is C28H50O7. The fourth-order valence-electron chi connectivity index (χ4n) is 4.06. The van der Waals surface area contributed by atoms with Crippen LogP contribution in [0.3, 0.4) is 0 Å². The third kappa shape index (κ3) is 13.9. The number of esters is 3. The van der Waals surface area contributed by atoms with Crippen molar-refractivity contribution in [2.75, 3.05) is 13.2 Å². The fourth-order valence-corrected chi connectivity index (χ4v) is 4.06. The average molecular weight is 499 g/mol. The molecule has 7 nitrogen and oxygen atoms in total. The summed E-state index contributed by atoms with van der Waals surface area (Å²) >= 11 is 0. The molecule has 0 aliphatic heterocycles. The predicted molar refractivity (Wildman–Crippen MR) is 136 cm³/mol. The van der Waals surface area contributed by atoms with Crippen molar-refractivity contribution in [2.24, 2.45) is 22.2 Å². The van der Waals surface area contributed by atoms with E-state index in [1.54, 1.807) is 0 Å². The Labute approximate surface area is 213 Å². The molecule has 204 valence electrons. The minimum absolute atomic E-state index is 0.0641. The normalized spacial score (nSPS) is 23.5. The molecular weight excluding hydrogens is 448 g/mol. The largest absolute Gasteiger partial charge is 0.465 e. The van der Waals surface area contributed by atoms with Gasteiger partial charge in [0.2, 0.25) is 0 Å². The predicted octanol–water partition coefficient (Wildman–Crippen LogP) is 5.87. The molecule has 0 aromatic heterocycles. The van der Waals surface area contributed by atoms with Crippen LogP contribution in [0.15, 0.2) is 0 Å². The molecule has 0 aromatic rings. The molecule has 7 heteroatoms. The van der Waals surface area contributed by atoms with Crippen LogP contribution in [-0.2, 0) is 33.3 Å². The van der Waals surface area contributed by atoms with Crippen molar-refractivity contribution in [1.82, 2.24) is 0 Å². The average Bonchev–Trinajstić information content (AvgIpc) is 2.62. The van der Waals surface area contributed by atoms with E-state index in [4.69, 9.17) is 18.9 Å². The Bertz CT molecular complexity index is 694. The zero-order valence-electron chi connectivity index (χ0n) is 23.8. The van der Waals surface area contributed by atoms with Crippen molar-refractivity contribution in [3.8, 4) is 0 Å². The van der Waals surface area contributed by atoms with Gasteiger partial charge in [-0.2, -0.15) is 0 Å². The maximum Gasteiger partial charge on any atom is 0.306 e. The molecule has 1 fully saturated rings. The summed E-state index contributed by atoms with van der Waals surface area (Å²) < 4.78 is 23.5. The molecule has 0 radical (unpaired) electrons. The molecule has 0 heterocycles. The molecule has 1 rings (SSSR count). The molecule has 1 aliphatic rings. The summed E-state index contributed by atoms with van der Waals surface area (Å²) in [5, 5.41) is 0. The van der Waals surface area contributed by atoms with Crippen molar-refractivity contribution in [2.45, 2.75) is 126 Å². The second-order valence-corrected chi connectivity index (χ2v) is 13.6. The van der Waals surface area contributed by atoms with E-state index in [0.717, 1.165) is 6.42 Å². The van der Waals surface area contributed by atoms with E-state index in [0.29, 0.717) is 25.9 Å². The Kier molecular flexibility index (Phi) is 11.7. The summed E-state index contributed by atoms with van der Waals surface area (Å²) in [6.45, 7) is 20.5. The lowest BCUT2D eigenvalue weighted by molar-refractivity contribution is -0.196. The van der Waals surface area contributed by atoms with Crippen LogP contribution < -0.4 is 0 Å². The lowest BCUT2D eigenvalue weighted by Crippen LogP contribution is -2.51. The number of rotatable bonds is 10. The van der Waals surface area contributed by atoms with E-state index in [-0.39, 0.29) is 59.5 Å². The summed E-state index contributed by atoms with van der Waals surface area (Å²) in [5.41, 5.74) is -0.619. The van der Waals surface area contributed by atoms with Gasteiger partial charge in [0.05, 0.1) is 32.0 Å². The summed E-state index contributed by atoms with van der Waals surface area (Å²) in [7, 11) is 0. The second kappa shape index (κ2) is 13.1. The molecule has 0 amide bonds. The first-order valence-electron chi connectivity index (χ1n) is 13.0. The van der Waals surface area contributed by atoms with Gasteiger partial charge in [-0.05, 0) is 41.4 Å². The molecule has 1 unspecified atom stereocenters. The molecule has 4 atom stereocenters. The Balaban J connectivity index is 3.07. The fraction of sp³-hybridized carbons (Fsp3) is 0.893. The Morgan fingerprint density at radius 1 is 0.686 bits per heavy atom. The first-order valence-corrected chi connectivity index (χ1v) is 13.0. The second-order valence-electron chi connectivity index (χ2n) is 13.6. The zero-order chi connectivity index (χ0) is 27.0. The Morgan fingerprint density at radius 2 is 1.14 bits per heavy atom. The van der Waals surface area contributed by atoms with Gasteiger partial charge in [0, 0.05) is 6.61 Å². The van der Waals surface area contributed by atoms with Gasteiger partial charge in [-0.1, -0.05) is 69.2 Å². The topological polar surface area (TPSA) is 88.1 Å². The maximum atomic E-state index is 12.7. The van der Waals surface area contributed by atoms with Crippen molar-refractivity contribution >= 4 is 17.9 Å². The number of ether oxygens (including phenoxy) is 4. The molecule has 0 bridgehead atoms. The third-order valence-corrected chi connectivity index (χ3v) is 5.45. The summed E-state index contributed by atoms with van der Waals surface area (Å²) in [6, 6.07) is 0. The van der Waals surface area contributed by atoms with Crippen molar-refractivity contribution < 1.29 is 33.3 Å². The molecule has 35 heavy (non-hydrogen) atoms. The monoisotopic (exact) mass is 498 g/mol. The van der Waals surface area contributed by atoms with Crippen molar-refractivity contribution in [3.63, 3.8) is 0 Å². The molecule has 0 N–H and O–H groups in total. The van der Waals surface area contributed by atoms with E-state index in [9.17, 15) is 14.4 Å². The SMILES string of the molecule is CCCO[C@H]1CC(COC(=O)CC(C)(C)C)C[C@@H](OC(=O)CC(C)(C)C)[C@H]1OC(=O)CC(C)(C)C. The van der Waals surface area contributed by atoms with Crippen LogP contribution in [-0.4, -0.2) is 49.4 Å². The number of hydrogen-bond acceptors (Lipinski definition) is 7. The minimum Gasteiger partial charge on any atom is -0.465 e. The van der Waals surface area contributed by atoms with Gasteiger partial charge in [0.1, 0.15) is 6.10 Å². The van der Waals surface area contributed by atoms with Crippen LogP contribution >= 0.6 is 0 Å². The summed E-state index contributed by atoms with van der Waals surface area (Å²) in [5.74, 6) is -0.979. The maximum absolute atomic E-state index is 12.7. The number of carbonyl (C=O) groups is 3. The van der Waals surface area contributed by atoms with Crippen LogP contribution in [0.1, 0.15) is 108 Å². The summed E-state index contributed by atoms with van der Waals surface area (Å²) in [6.07, 6.45) is 0.842. The quantitative estimate of drug-likeness (QED) is 0.275. The first kappa shape index (κ1) is 31.4. The Morgan fingerprint density at radius 3 is 1.63 bits per heavy atom. The third-order valence-electron chi connectivity index (χ3n) is 5.45. The smallest absolute Gasteiger partial charge is 0.306 e. The van der Waals surface area contributed by atoms with Gasteiger partial charge < -0.3 is 18.9 Å². The molecule has 1 aliphatic carbocycles. The Hall–Kier alpha value is -1.63. The standard InChI is InChI=1S/C28H50O7/c1-11-12-32-20-13-19(18-33-22(29)15-26(2,3)4)14-21(34-23(30)16-27(5,6)7)25(20)35-24(31)17-28(8,9)10/h19-21,25H,11-18H2,1-10H3/t19?,20-,21+,25-/m0/s1. The van der Waals surface area contributed by atoms with E-state index in [1.165, 1.54) is 0 Å². The van der Waals surface area contributed by atoms with Crippen LogP contribution in [0.5, 0.6) is 0 Å². The van der Waals surface area contributed by atoms with Crippen LogP contribution in [0.25, 0.3) is 0 Å². The van der Waals surface area contributed by atoms with Gasteiger partial charge in [0.25, 0.3) is 0 Å².